The van der Waals surface area contributed by atoms with Crippen LogP contribution < -0.4 is 15.4 Å². The number of rotatable bonds is 10. The highest BCUT2D eigenvalue weighted by atomic mass is 32.2. The lowest BCUT2D eigenvalue weighted by Gasteiger charge is -2.36. The molecule has 3 aliphatic rings. The molecule has 4 heterocycles. The highest BCUT2D eigenvalue weighted by Gasteiger charge is 2.74. The van der Waals surface area contributed by atoms with Crippen LogP contribution in [0.3, 0.4) is 0 Å². The number of ether oxygens (including phenoxy) is 1. The van der Waals surface area contributed by atoms with Crippen LogP contribution in [0.1, 0.15) is 33.1 Å². The van der Waals surface area contributed by atoms with Crippen LogP contribution in [0.15, 0.2) is 48.5 Å². The molecule has 2 bridgehead atoms. The molecule has 6 atom stereocenters. The summed E-state index contributed by atoms with van der Waals surface area (Å²) in [6.45, 7) is 4.16. The molecule has 6 rings (SSSR count). The van der Waals surface area contributed by atoms with Crippen molar-refractivity contribution in [2.45, 2.75) is 61.9 Å². The molecular formula is C29H34N6O5S. The number of likely N-dealkylation sites (tertiary alicyclic amines) is 1. The predicted octanol–water partition coefficient (Wildman–Crippen LogP) is 2.40. The van der Waals surface area contributed by atoms with E-state index in [9.17, 15) is 19.5 Å². The number of amides is 3. The lowest BCUT2D eigenvalue weighted by molar-refractivity contribution is -0.142. The molecule has 3 fully saturated rings. The Morgan fingerprint density at radius 2 is 1.95 bits per heavy atom. The van der Waals surface area contributed by atoms with Gasteiger partial charge in [-0.2, -0.15) is 0 Å². The minimum atomic E-state index is -0.815. The van der Waals surface area contributed by atoms with Crippen LogP contribution in [0.2, 0.25) is 0 Å². The van der Waals surface area contributed by atoms with Crippen LogP contribution in [0, 0.1) is 11.8 Å². The minimum absolute atomic E-state index is 0.0717. The van der Waals surface area contributed by atoms with Crippen molar-refractivity contribution in [3.05, 3.63) is 48.5 Å². The molecule has 3 amide bonds. The van der Waals surface area contributed by atoms with Crippen LogP contribution in [0.25, 0.3) is 11.0 Å². The van der Waals surface area contributed by atoms with Crippen molar-refractivity contribution >= 4 is 46.2 Å². The Labute approximate surface area is 242 Å². The highest BCUT2D eigenvalue weighted by Crippen LogP contribution is 2.66. The number of thioether (sulfide) groups is 1. The molecule has 3 aliphatic heterocycles. The third-order valence-corrected chi connectivity index (χ3v) is 10.6. The van der Waals surface area contributed by atoms with Gasteiger partial charge in [0.2, 0.25) is 17.7 Å². The molecule has 3 saturated heterocycles. The zero-order valence-electron chi connectivity index (χ0n) is 23.0. The van der Waals surface area contributed by atoms with E-state index < -0.39 is 28.7 Å². The zero-order chi connectivity index (χ0) is 28.7. The summed E-state index contributed by atoms with van der Waals surface area (Å²) in [5.74, 6) is -1.30. The Morgan fingerprint density at radius 3 is 2.68 bits per heavy atom. The number of anilines is 1. The smallest absolute Gasteiger partial charge is 0.245 e. The monoisotopic (exact) mass is 578 g/mol. The lowest BCUT2D eigenvalue weighted by Crippen LogP contribution is -2.56. The van der Waals surface area contributed by atoms with E-state index in [1.807, 2.05) is 38.1 Å². The van der Waals surface area contributed by atoms with E-state index in [1.54, 1.807) is 45.6 Å². The van der Waals surface area contributed by atoms with Crippen molar-refractivity contribution in [2.24, 2.45) is 11.8 Å². The van der Waals surface area contributed by atoms with E-state index in [0.717, 1.165) is 17.5 Å². The molecule has 2 aromatic carbocycles. The Balaban J connectivity index is 1.27. The largest absolute Gasteiger partial charge is 0.494 e. The second kappa shape index (κ2) is 11.0. The summed E-state index contributed by atoms with van der Waals surface area (Å²) in [5, 5.41) is 24.4. The summed E-state index contributed by atoms with van der Waals surface area (Å²) in [6.07, 6.45) is 1.87. The number of hydrogen-bond acceptors (Lipinski definition) is 8. The van der Waals surface area contributed by atoms with Crippen LogP contribution in [-0.2, 0) is 21.1 Å². The van der Waals surface area contributed by atoms with Gasteiger partial charge in [0.15, 0.2) is 0 Å². The van der Waals surface area contributed by atoms with Gasteiger partial charge >= 0.3 is 0 Å². The van der Waals surface area contributed by atoms with Crippen molar-refractivity contribution in [3.8, 4) is 5.75 Å². The molecule has 0 saturated carbocycles. The minimum Gasteiger partial charge on any atom is -0.494 e. The maximum atomic E-state index is 14.1. The standard InChI is InChI=1S/C29H34N6O5S/c1-3-18(15-36)35-25(27(38)30-16-34-21-8-6-5-7-20(21)32-33-34)29-14-13-22(41-29)23(24(29)28(35)39)26(37)31-17-9-11-19(12-10-17)40-4-2/h5-12,18,22-25,36H,3-4,13-16H2,1-2H3,(H,30,38)(H,31,37)/t18-,22-,23+,24-,25?,29?/m0/s1. The second-order valence-electron chi connectivity index (χ2n) is 10.8. The molecule has 11 nitrogen and oxygen atoms in total. The molecule has 0 radical (unpaired) electrons. The number of nitrogens with one attached hydrogen (secondary N) is 2. The normalized spacial score (nSPS) is 27.2. The maximum absolute atomic E-state index is 14.1. The summed E-state index contributed by atoms with van der Waals surface area (Å²) in [4.78, 5) is 43.4. The van der Waals surface area contributed by atoms with E-state index in [2.05, 4.69) is 20.9 Å². The Morgan fingerprint density at radius 1 is 1.17 bits per heavy atom. The topological polar surface area (TPSA) is 139 Å². The summed E-state index contributed by atoms with van der Waals surface area (Å²) in [5.41, 5.74) is 2.13. The lowest BCUT2D eigenvalue weighted by atomic mass is 9.70. The molecule has 1 aromatic heterocycles. The summed E-state index contributed by atoms with van der Waals surface area (Å²) < 4.78 is 6.36. The highest BCUT2D eigenvalue weighted by molar-refractivity contribution is 8.02. The van der Waals surface area contributed by atoms with Crippen LogP contribution in [0.4, 0.5) is 5.69 Å². The van der Waals surface area contributed by atoms with E-state index in [-0.39, 0.29) is 36.2 Å². The number of carbonyl (C=O) groups is 3. The second-order valence-corrected chi connectivity index (χ2v) is 12.4. The number of aliphatic hydroxyl groups excluding tert-OH is 1. The molecule has 2 unspecified atom stereocenters. The maximum Gasteiger partial charge on any atom is 0.245 e. The van der Waals surface area contributed by atoms with Gasteiger partial charge in [0.25, 0.3) is 0 Å². The van der Waals surface area contributed by atoms with Gasteiger partial charge in [-0.1, -0.05) is 24.3 Å². The number of carbonyl (C=O) groups excluding carboxylic acids is 3. The first kappa shape index (κ1) is 27.5. The van der Waals surface area contributed by atoms with E-state index in [1.165, 1.54) is 0 Å². The summed E-state index contributed by atoms with van der Waals surface area (Å²) >= 11 is 1.59. The molecule has 12 heteroatoms. The fraction of sp³-hybridized carbons (Fsp3) is 0.483. The zero-order valence-corrected chi connectivity index (χ0v) is 23.8. The first-order valence-corrected chi connectivity index (χ1v) is 15.0. The quantitative estimate of drug-likeness (QED) is 0.334. The first-order valence-electron chi connectivity index (χ1n) is 14.1. The molecule has 0 aliphatic carbocycles. The van der Waals surface area contributed by atoms with Gasteiger partial charge in [-0.05, 0) is 62.6 Å². The van der Waals surface area contributed by atoms with Crippen molar-refractivity contribution < 1.29 is 24.2 Å². The number of aliphatic hydroxyl groups is 1. The van der Waals surface area contributed by atoms with Crippen molar-refractivity contribution in [2.75, 3.05) is 18.5 Å². The first-order chi connectivity index (χ1) is 19.9. The van der Waals surface area contributed by atoms with E-state index in [0.29, 0.717) is 30.9 Å². The van der Waals surface area contributed by atoms with Gasteiger partial charge in [0, 0.05) is 10.9 Å². The van der Waals surface area contributed by atoms with Gasteiger partial charge in [0.05, 0.1) is 41.4 Å². The Kier molecular flexibility index (Phi) is 7.37. The number of fused-ring (bicyclic) bond motifs is 2. The third-order valence-electron chi connectivity index (χ3n) is 8.62. The number of hydrogen-bond donors (Lipinski definition) is 3. The average Bonchev–Trinajstić information content (AvgIpc) is 3.73. The third kappa shape index (κ3) is 4.53. The van der Waals surface area contributed by atoms with Gasteiger partial charge in [-0.3, -0.25) is 14.4 Å². The van der Waals surface area contributed by atoms with E-state index >= 15 is 0 Å². The SMILES string of the molecule is CCOc1ccc(NC(=O)[C@@H]2[C@@H]3CCC4(S3)C(C(=O)NCn3nnc5ccccc53)N([C@@H](CC)CO)C(=O)[C@H]24)cc1. The number of aromatic nitrogens is 3. The van der Waals surface area contributed by atoms with Gasteiger partial charge in [-0.25, -0.2) is 4.68 Å². The van der Waals surface area contributed by atoms with Crippen molar-refractivity contribution in [1.82, 2.24) is 25.2 Å². The number of benzene rings is 2. The van der Waals surface area contributed by atoms with Crippen molar-refractivity contribution in [3.63, 3.8) is 0 Å². The fourth-order valence-electron chi connectivity index (χ4n) is 6.81. The van der Waals surface area contributed by atoms with Crippen LogP contribution in [0.5, 0.6) is 5.75 Å². The number of para-hydroxylation sites is 1. The molecule has 41 heavy (non-hydrogen) atoms. The molecule has 216 valence electrons. The fourth-order valence-corrected chi connectivity index (χ4v) is 9.01. The summed E-state index contributed by atoms with van der Waals surface area (Å²) in [6, 6.07) is 13.3. The van der Waals surface area contributed by atoms with Crippen LogP contribution >= 0.6 is 11.8 Å². The van der Waals surface area contributed by atoms with E-state index in [4.69, 9.17) is 4.74 Å². The molecule has 3 aromatic rings. The molecule has 3 N–H and O–H groups in total. The Bertz CT molecular complexity index is 1460. The summed E-state index contributed by atoms with van der Waals surface area (Å²) in [7, 11) is 0. The average molecular weight is 579 g/mol. The van der Waals surface area contributed by atoms with Crippen LogP contribution in [-0.4, -0.2) is 78.0 Å². The molecule has 1 spiro atoms. The van der Waals surface area contributed by atoms with Gasteiger partial charge in [0.1, 0.15) is 24.0 Å². The van der Waals surface area contributed by atoms with Gasteiger partial charge in [-0.15, -0.1) is 16.9 Å². The molecular weight excluding hydrogens is 544 g/mol. The number of nitrogens with zero attached hydrogens (tertiary/aromatic N) is 4. The van der Waals surface area contributed by atoms with Gasteiger partial charge < -0.3 is 25.4 Å². The predicted molar refractivity (Wildman–Crippen MR) is 154 cm³/mol. The Hall–Kier alpha value is -3.64. The van der Waals surface area contributed by atoms with Crippen molar-refractivity contribution in [1.29, 1.82) is 0 Å².